The summed E-state index contributed by atoms with van der Waals surface area (Å²) >= 11 is 0. The van der Waals surface area contributed by atoms with Crippen LogP contribution in [0.1, 0.15) is 34.1 Å². The third-order valence-corrected chi connectivity index (χ3v) is 14.3. The molecule has 1 aliphatic carbocycles. The van der Waals surface area contributed by atoms with Crippen molar-refractivity contribution in [3.05, 3.63) is 101 Å². The lowest BCUT2D eigenvalue weighted by molar-refractivity contribution is -0.202. The number of nitrogens with one attached hydrogen (secondary N) is 1. The van der Waals surface area contributed by atoms with Crippen LogP contribution >= 0.6 is 0 Å². The van der Waals surface area contributed by atoms with Crippen molar-refractivity contribution >= 4 is 52.9 Å². The van der Waals surface area contributed by atoms with Crippen LogP contribution in [0, 0.1) is 0 Å². The van der Waals surface area contributed by atoms with Crippen LogP contribution in [-0.4, -0.2) is 69.1 Å². The van der Waals surface area contributed by atoms with Crippen LogP contribution < -0.4 is 30.8 Å². The highest BCUT2D eigenvalue weighted by Crippen LogP contribution is 2.43. The molecule has 1 amide bonds. The second-order valence-corrected chi connectivity index (χ2v) is 17.8. The molecule has 2 aliphatic rings. The first-order valence-electron chi connectivity index (χ1n) is 16.4. The zero-order chi connectivity index (χ0) is 36.6. The summed E-state index contributed by atoms with van der Waals surface area (Å²) in [6.07, 6.45) is -0.374. The van der Waals surface area contributed by atoms with Gasteiger partial charge in [0.15, 0.2) is 29.1 Å². The molecule has 51 heavy (non-hydrogen) atoms. The smallest absolute Gasteiger partial charge is 0.360 e. The lowest BCUT2D eigenvalue weighted by Gasteiger charge is -2.50. The fourth-order valence-corrected chi connectivity index (χ4v) is 11.5. The number of hydrogen-bond acceptors (Lipinski definition) is 11. The Morgan fingerprint density at radius 3 is 2.18 bits per heavy atom. The van der Waals surface area contributed by atoms with E-state index >= 15 is 0 Å². The predicted octanol–water partition coefficient (Wildman–Crippen LogP) is 4.07. The molecule has 2 heterocycles. The van der Waals surface area contributed by atoms with E-state index in [1.807, 2.05) is 60.7 Å². The van der Waals surface area contributed by atoms with Crippen molar-refractivity contribution in [2.45, 2.75) is 63.1 Å². The minimum atomic E-state index is -3.17. The molecule has 1 aromatic heterocycles. The Labute approximate surface area is 295 Å². The van der Waals surface area contributed by atoms with Crippen molar-refractivity contribution in [1.82, 2.24) is 0 Å². The van der Waals surface area contributed by atoms with Crippen LogP contribution in [0.25, 0.3) is 11.0 Å². The molecule has 1 aliphatic heterocycles. The summed E-state index contributed by atoms with van der Waals surface area (Å²) < 4.78 is 29.0. The van der Waals surface area contributed by atoms with Gasteiger partial charge in [-0.2, -0.15) is 0 Å². The molecule has 0 fully saturated rings. The number of fused-ring (bicyclic) bond motifs is 2. The highest BCUT2D eigenvalue weighted by atomic mass is 28.4. The molecule has 0 spiro atoms. The molecule has 0 saturated carbocycles. The summed E-state index contributed by atoms with van der Waals surface area (Å²) in [5.41, 5.74) is -3.11. The maximum absolute atomic E-state index is 13.6. The maximum atomic E-state index is 13.6. The summed E-state index contributed by atoms with van der Waals surface area (Å²) in [6.45, 7) is 7.60. The van der Waals surface area contributed by atoms with Gasteiger partial charge < -0.3 is 38.3 Å². The predicted molar refractivity (Wildman–Crippen MR) is 193 cm³/mol. The third-order valence-electron chi connectivity index (χ3n) is 9.26. The van der Waals surface area contributed by atoms with Gasteiger partial charge in [-0.3, -0.25) is 9.59 Å². The topological polar surface area (TPSA) is 155 Å². The number of esters is 1. The van der Waals surface area contributed by atoms with Crippen LogP contribution in [-0.2, 0) is 23.6 Å². The van der Waals surface area contributed by atoms with Gasteiger partial charge in [-0.1, -0.05) is 92.7 Å². The van der Waals surface area contributed by atoms with Gasteiger partial charge in [0.1, 0.15) is 17.5 Å². The van der Waals surface area contributed by atoms with Crippen LogP contribution in [0.5, 0.6) is 11.5 Å². The monoisotopic (exact) mass is 712 g/mol. The Bertz CT molecular complexity index is 2020. The van der Waals surface area contributed by atoms with Crippen molar-refractivity contribution in [2.24, 2.45) is 5.16 Å². The lowest BCUT2D eigenvalue weighted by Crippen LogP contribution is -2.71. The zero-order valence-electron chi connectivity index (χ0n) is 29.2. The number of anilines is 1. The SMILES string of the molecule is COc1ccc2cc(NC(=O)C3=NO[C@H]4[C@H](O[Si](c5ccccc5)(c5ccccc5)C(C)(C)C)C=C[C@@H](OC(C)=O)[C@@]4(O)C3)c(=O)oc2c1OC. The van der Waals surface area contributed by atoms with Crippen LogP contribution in [0.4, 0.5) is 5.69 Å². The molecule has 3 aromatic carbocycles. The molecule has 13 heteroatoms. The number of hydrogen-bond donors (Lipinski definition) is 2. The van der Waals surface area contributed by atoms with E-state index in [1.165, 1.54) is 27.2 Å². The van der Waals surface area contributed by atoms with E-state index in [2.05, 4.69) is 31.2 Å². The van der Waals surface area contributed by atoms with Crippen LogP contribution in [0.15, 0.2) is 105 Å². The number of ether oxygens (including phenoxy) is 3. The van der Waals surface area contributed by atoms with Gasteiger partial charge in [0.25, 0.3) is 14.2 Å². The summed E-state index contributed by atoms with van der Waals surface area (Å²) in [5.74, 6) is -0.880. The Morgan fingerprint density at radius 1 is 0.961 bits per heavy atom. The van der Waals surface area contributed by atoms with Gasteiger partial charge in [0, 0.05) is 18.7 Å². The molecule has 2 N–H and O–H groups in total. The fraction of sp³-hybridized carbons (Fsp3) is 0.316. The zero-order valence-corrected chi connectivity index (χ0v) is 30.2. The number of aliphatic hydroxyl groups is 1. The Morgan fingerprint density at radius 2 is 1.61 bits per heavy atom. The number of nitrogens with zero attached hydrogens (tertiary/aromatic N) is 1. The van der Waals surface area contributed by atoms with Gasteiger partial charge in [0.05, 0.1) is 14.2 Å². The van der Waals surface area contributed by atoms with Gasteiger partial charge in [-0.05, 0) is 39.7 Å². The largest absolute Gasteiger partial charge is 0.493 e. The minimum absolute atomic E-state index is 0.139. The maximum Gasteiger partial charge on any atom is 0.360 e. The summed E-state index contributed by atoms with van der Waals surface area (Å²) in [5, 5.41) is 21.1. The van der Waals surface area contributed by atoms with Gasteiger partial charge in [0.2, 0.25) is 5.75 Å². The first-order chi connectivity index (χ1) is 24.3. The highest BCUT2D eigenvalue weighted by molar-refractivity contribution is 6.99. The average molecular weight is 713 g/mol. The van der Waals surface area contributed by atoms with Gasteiger partial charge in [-0.25, -0.2) is 4.79 Å². The van der Waals surface area contributed by atoms with E-state index in [1.54, 1.807) is 24.3 Å². The molecular formula is C38H40N2O10Si. The van der Waals surface area contributed by atoms with Gasteiger partial charge >= 0.3 is 11.6 Å². The highest BCUT2D eigenvalue weighted by Gasteiger charge is 2.60. The Kier molecular flexibility index (Phi) is 9.64. The molecule has 0 unspecified atom stereocenters. The molecule has 0 bridgehead atoms. The summed E-state index contributed by atoms with van der Waals surface area (Å²) in [4.78, 5) is 44.8. The molecule has 6 rings (SSSR count). The van der Waals surface area contributed by atoms with Crippen LogP contribution in [0.3, 0.4) is 0 Å². The molecule has 4 aromatic rings. The number of benzene rings is 3. The first-order valence-corrected chi connectivity index (χ1v) is 18.3. The number of amides is 1. The number of oxime groups is 1. The standard InChI is InChI=1S/C38H40N2O10Si/c1-23(41)47-31-20-19-30(50-51(37(2,3)4,25-13-9-7-10-14-25)26-15-11-8-12-16-26)34-38(31,44)22-28(40-49-34)35(42)39-27-21-24-17-18-29(45-5)33(46-6)32(24)48-36(27)43/h7-21,30-31,34,44H,22H2,1-6H3,(H,39,42)/t30-,31-,34+,38+/m1/s1. The molecule has 0 saturated heterocycles. The van der Waals surface area contributed by atoms with E-state index in [0.29, 0.717) is 11.1 Å². The molecule has 266 valence electrons. The van der Waals surface area contributed by atoms with Gasteiger partial charge in [-0.15, -0.1) is 0 Å². The normalized spacial score (nSPS) is 21.5. The first kappa shape index (κ1) is 35.6. The van der Waals surface area contributed by atoms with Crippen molar-refractivity contribution in [1.29, 1.82) is 0 Å². The van der Waals surface area contributed by atoms with E-state index in [0.717, 1.165) is 10.4 Å². The van der Waals surface area contributed by atoms with Crippen molar-refractivity contribution in [3.63, 3.8) is 0 Å². The van der Waals surface area contributed by atoms with E-state index in [-0.39, 0.29) is 22.7 Å². The van der Waals surface area contributed by atoms with Crippen molar-refractivity contribution in [3.8, 4) is 11.5 Å². The second-order valence-electron chi connectivity index (χ2n) is 13.5. The van der Waals surface area contributed by atoms with E-state index in [9.17, 15) is 19.5 Å². The molecule has 0 radical (unpaired) electrons. The minimum Gasteiger partial charge on any atom is -0.493 e. The third kappa shape index (κ3) is 6.44. The molecule has 4 atom stereocenters. The molecule has 12 nitrogen and oxygen atoms in total. The number of methoxy groups -OCH3 is 2. The number of rotatable bonds is 9. The summed E-state index contributed by atoms with van der Waals surface area (Å²) in [7, 11) is -0.297. The number of carbonyl (C=O) groups is 2. The number of carbonyl (C=O) groups excluding carboxylic acids is 2. The Balaban J connectivity index is 1.36. The quantitative estimate of drug-likeness (QED) is 0.112. The average Bonchev–Trinajstić information content (AvgIpc) is 3.11. The second kappa shape index (κ2) is 13.8. The van der Waals surface area contributed by atoms with E-state index in [4.69, 9.17) is 27.9 Å². The van der Waals surface area contributed by atoms with Crippen molar-refractivity contribution < 1.29 is 42.6 Å². The van der Waals surface area contributed by atoms with Crippen molar-refractivity contribution in [2.75, 3.05) is 19.5 Å². The Hall–Kier alpha value is -5.24. The fourth-order valence-electron chi connectivity index (χ4n) is 6.91. The molecular weight excluding hydrogens is 673 g/mol. The summed E-state index contributed by atoms with van der Waals surface area (Å²) in [6, 6.07) is 24.7. The van der Waals surface area contributed by atoms with Crippen LogP contribution in [0.2, 0.25) is 5.04 Å². The lowest BCUT2D eigenvalue weighted by atomic mass is 9.77. The van der Waals surface area contributed by atoms with E-state index < -0.39 is 61.2 Å².